The van der Waals surface area contributed by atoms with Crippen LogP contribution in [0.15, 0.2) is 0 Å². The zero-order chi connectivity index (χ0) is 12.7. The molecule has 0 aromatic rings. The molecule has 1 unspecified atom stereocenters. The van der Waals surface area contributed by atoms with Crippen LogP contribution in [0.1, 0.15) is 39.5 Å². The third-order valence-corrected chi connectivity index (χ3v) is 3.76. The molecule has 1 aliphatic rings. The van der Waals surface area contributed by atoms with Crippen LogP contribution in [-0.4, -0.2) is 48.8 Å². The van der Waals surface area contributed by atoms with Crippen LogP contribution < -0.4 is 0 Å². The minimum atomic E-state index is -0.644. The van der Waals surface area contributed by atoms with E-state index in [0.717, 1.165) is 52.0 Å². The molecule has 0 aliphatic carbocycles. The first kappa shape index (κ1) is 14.5. The van der Waals surface area contributed by atoms with E-state index in [2.05, 4.69) is 11.8 Å². The molecule has 4 nitrogen and oxygen atoms in total. The van der Waals surface area contributed by atoms with Crippen LogP contribution in [0.4, 0.5) is 0 Å². The molecule has 1 aliphatic heterocycles. The molecule has 0 spiro atoms. The predicted octanol–water partition coefficient (Wildman–Crippen LogP) is 1.99. The van der Waals surface area contributed by atoms with Crippen molar-refractivity contribution in [2.24, 2.45) is 5.41 Å². The van der Waals surface area contributed by atoms with Gasteiger partial charge in [0.05, 0.1) is 12.0 Å². The van der Waals surface area contributed by atoms with Gasteiger partial charge in [0, 0.05) is 19.7 Å². The monoisotopic (exact) mass is 243 g/mol. The largest absolute Gasteiger partial charge is 0.481 e. The first-order valence-corrected chi connectivity index (χ1v) is 6.68. The Kier molecular flexibility index (Phi) is 5.92. The van der Waals surface area contributed by atoms with E-state index in [-0.39, 0.29) is 0 Å². The first-order valence-electron chi connectivity index (χ1n) is 6.68. The van der Waals surface area contributed by atoms with Crippen LogP contribution in [-0.2, 0) is 9.53 Å². The van der Waals surface area contributed by atoms with Gasteiger partial charge in [-0.05, 0) is 25.8 Å². The fourth-order valence-electron chi connectivity index (χ4n) is 2.31. The minimum Gasteiger partial charge on any atom is -0.481 e. The molecule has 4 heteroatoms. The van der Waals surface area contributed by atoms with Gasteiger partial charge in [-0.25, -0.2) is 0 Å². The number of carboxylic acid groups (broad SMARTS) is 1. The number of ether oxygens (including phenoxy) is 1. The Hall–Kier alpha value is -0.610. The highest BCUT2D eigenvalue weighted by Crippen LogP contribution is 2.33. The maximum Gasteiger partial charge on any atom is 0.310 e. The fourth-order valence-corrected chi connectivity index (χ4v) is 2.31. The van der Waals surface area contributed by atoms with Crippen LogP contribution in [0.2, 0.25) is 0 Å². The summed E-state index contributed by atoms with van der Waals surface area (Å²) in [6, 6.07) is 0. The molecule has 0 aromatic heterocycles. The maximum absolute atomic E-state index is 11.3. The van der Waals surface area contributed by atoms with Gasteiger partial charge in [0.15, 0.2) is 0 Å². The second-order valence-corrected chi connectivity index (χ2v) is 4.93. The molecule has 17 heavy (non-hydrogen) atoms. The van der Waals surface area contributed by atoms with Gasteiger partial charge in [0.1, 0.15) is 0 Å². The average molecular weight is 243 g/mol. The summed E-state index contributed by atoms with van der Waals surface area (Å²) in [7, 11) is 0. The minimum absolute atomic E-state index is 0.510. The lowest BCUT2D eigenvalue weighted by Crippen LogP contribution is -2.35. The molecule has 1 atom stereocenters. The number of likely N-dealkylation sites (tertiary alicyclic amines) is 1. The molecule has 1 N–H and O–H groups in total. The van der Waals surface area contributed by atoms with Crippen LogP contribution in [0, 0.1) is 5.41 Å². The van der Waals surface area contributed by atoms with Gasteiger partial charge in [0.25, 0.3) is 0 Å². The predicted molar refractivity (Wildman–Crippen MR) is 67.1 cm³/mol. The van der Waals surface area contributed by atoms with Crippen molar-refractivity contribution in [3.63, 3.8) is 0 Å². The van der Waals surface area contributed by atoms with Crippen LogP contribution in [0.3, 0.4) is 0 Å². The second-order valence-electron chi connectivity index (χ2n) is 4.93. The number of unbranched alkanes of at least 4 members (excludes halogenated alkanes) is 1. The summed E-state index contributed by atoms with van der Waals surface area (Å²) in [4.78, 5) is 13.5. The van der Waals surface area contributed by atoms with E-state index in [1.807, 2.05) is 6.92 Å². The first-order chi connectivity index (χ1) is 8.14. The summed E-state index contributed by atoms with van der Waals surface area (Å²) in [5, 5.41) is 9.27. The molecule has 1 saturated heterocycles. The van der Waals surface area contributed by atoms with Crippen LogP contribution in [0.5, 0.6) is 0 Å². The van der Waals surface area contributed by atoms with Gasteiger partial charge < -0.3 is 9.84 Å². The molecule has 0 amide bonds. The molecule has 100 valence electrons. The average Bonchev–Trinajstić information content (AvgIpc) is 2.74. The van der Waals surface area contributed by atoms with Crippen molar-refractivity contribution in [2.75, 3.05) is 32.8 Å². The van der Waals surface area contributed by atoms with Gasteiger partial charge in [-0.3, -0.25) is 9.69 Å². The Morgan fingerprint density at radius 2 is 2.18 bits per heavy atom. The molecular formula is C13H25NO3. The number of hydrogen-bond donors (Lipinski definition) is 1. The summed E-state index contributed by atoms with van der Waals surface area (Å²) in [5.74, 6) is -0.644. The molecular weight excluding hydrogens is 218 g/mol. The maximum atomic E-state index is 11.3. The van der Waals surface area contributed by atoms with E-state index in [4.69, 9.17) is 4.74 Å². The van der Waals surface area contributed by atoms with Gasteiger partial charge in [-0.1, -0.05) is 20.3 Å². The summed E-state index contributed by atoms with van der Waals surface area (Å²) >= 11 is 0. The molecule has 0 saturated carbocycles. The highest BCUT2D eigenvalue weighted by molar-refractivity contribution is 5.75. The summed E-state index contributed by atoms with van der Waals surface area (Å²) in [6.07, 6.45) is 3.75. The lowest BCUT2D eigenvalue weighted by Gasteiger charge is -2.23. The highest BCUT2D eigenvalue weighted by atomic mass is 16.5. The van der Waals surface area contributed by atoms with E-state index >= 15 is 0 Å². The Morgan fingerprint density at radius 3 is 2.71 bits per heavy atom. The molecule has 1 fully saturated rings. The second kappa shape index (κ2) is 6.97. The molecule has 0 aromatic carbocycles. The van der Waals surface area contributed by atoms with E-state index in [1.165, 1.54) is 0 Å². The standard InChI is InChI=1S/C13H25NO3/c1-3-5-9-17-10-8-14-7-6-13(4-2,11-14)12(15)16/h3-11H2,1-2H3,(H,15,16). The third-order valence-electron chi connectivity index (χ3n) is 3.76. The highest BCUT2D eigenvalue weighted by Gasteiger charge is 2.42. The zero-order valence-electron chi connectivity index (χ0n) is 11.1. The third kappa shape index (κ3) is 3.96. The zero-order valence-corrected chi connectivity index (χ0v) is 11.1. The number of hydrogen-bond acceptors (Lipinski definition) is 3. The lowest BCUT2D eigenvalue weighted by molar-refractivity contribution is -0.148. The Balaban J connectivity index is 2.23. The quantitative estimate of drug-likeness (QED) is 0.662. The number of rotatable bonds is 8. The Labute approximate surface area is 104 Å². The van der Waals surface area contributed by atoms with Crippen molar-refractivity contribution in [3.8, 4) is 0 Å². The van der Waals surface area contributed by atoms with E-state index < -0.39 is 11.4 Å². The van der Waals surface area contributed by atoms with Crippen molar-refractivity contribution in [1.82, 2.24) is 4.90 Å². The van der Waals surface area contributed by atoms with Crippen LogP contribution >= 0.6 is 0 Å². The summed E-state index contributed by atoms with van der Waals surface area (Å²) < 4.78 is 5.51. The van der Waals surface area contributed by atoms with Crippen molar-refractivity contribution < 1.29 is 14.6 Å². The molecule has 0 radical (unpaired) electrons. The van der Waals surface area contributed by atoms with Crippen molar-refractivity contribution in [2.45, 2.75) is 39.5 Å². The number of carbonyl (C=O) groups is 1. The van der Waals surface area contributed by atoms with Gasteiger partial charge in [-0.15, -0.1) is 0 Å². The SMILES string of the molecule is CCCCOCCN1CCC(CC)(C(=O)O)C1. The van der Waals surface area contributed by atoms with Crippen molar-refractivity contribution >= 4 is 5.97 Å². The normalized spacial score (nSPS) is 25.3. The van der Waals surface area contributed by atoms with Gasteiger partial charge in [-0.2, -0.15) is 0 Å². The number of carboxylic acids is 1. The summed E-state index contributed by atoms with van der Waals surface area (Å²) in [5.41, 5.74) is -0.510. The number of nitrogens with zero attached hydrogens (tertiary/aromatic N) is 1. The Morgan fingerprint density at radius 1 is 1.41 bits per heavy atom. The molecule has 0 bridgehead atoms. The molecule has 1 heterocycles. The van der Waals surface area contributed by atoms with Crippen molar-refractivity contribution in [1.29, 1.82) is 0 Å². The smallest absolute Gasteiger partial charge is 0.310 e. The Bertz CT molecular complexity index is 245. The lowest BCUT2D eigenvalue weighted by atomic mass is 9.84. The topological polar surface area (TPSA) is 49.8 Å². The van der Waals surface area contributed by atoms with E-state index in [9.17, 15) is 9.90 Å². The fraction of sp³-hybridized carbons (Fsp3) is 0.923. The molecule has 1 rings (SSSR count). The van der Waals surface area contributed by atoms with Gasteiger partial charge >= 0.3 is 5.97 Å². The number of aliphatic carboxylic acids is 1. The van der Waals surface area contributed by atoms with E-state index in [0.29, 0.717) is 6.54 Å². The van der Waals surface area contributed by atoms with Gasteiger partial charge in [0.2, 0.25) is 0 Å². The van der Waals surface area contributed by atoms with Crippen LogP contribution in [0.25, 0.3) is 0 Å². The van der Waals surface area contributed by atoms with E-state index in [1.54, 1.807) is 0 Å². The van der Waals surface area contributed by atoms with Crippen molar-refractivity contribution in [3.05, 3.63) is 0 Å². The summed E-state index contributed by atoms with van der Waals surface area (Å²) in [6.45, 7) is 8.08.